The van der Waals surface area contributed by atoms with Gasteiger partial charge in [0, 0.05) is 13.3 Å². The molecule has 0 spiro atoms. The SMILES string of the molecule is CC[C@@H](Cn1ccc2[nH]c(=O)c(C#N)cc2c1=O)OC. The molecule has 0 aliphatic rings. The van der Waals surface area contributed by atoms with Crippen LogP contribution in [0.1, 0.15) is 18.9 Å². The number of nitrogens with zero attached hydrogens (tertiary/aromatic N) is 2. The molecular formula is C14H15N3O3. The van der Waals surface area contributed by atoms with Crippen LogP contribution < -0.4 is 11.1 Å². The Kier molecular flexibility index (Phi) is 4.01. The lowest BCUT2D eigenvalue weighted by Crippen LogP contribution is -2.28. The Bertz CT molecular complexity index is 779. The van der Waals surface area contributed by atoms with Crippen LogP contribution in [-0.4, -0.2) is 22.8 Å². The quantitative estimate of drug-likeness (QED) is 0.899. The molecule has 1 N–H and O–H groups in total. The van der Waals surface area contributed by atoms with E-state index in [-0.39, 0.29) is 17.2 Å². The highest BCUT2D eigenvalue weighted by atomic mass is 16.5. The topological polar surface area (TPSA) is 87.9 Å². The van der Waals surface area contributed by atoms with E-state index in [2.05, 4.69) is 4.98 Å². The van der Waals surface area contributed by atoms with Crippen molar-refractivity contribution in [2.75, 3.05) is 7.11 Å². The van der Waals surface area contributed by atoms with Crippen molar-refractivity contribution in [3.8, 4) is 6.07 Å². The number of hydrogen-bond acceptors (Lipinski definition) is 4. The summed E-state index contributed by atoms with van der Waals surface area (Å²) in [5.41, 5.74) is -0.363. The fourth-order valence-corrected chi connectivity index (χ4v) is 2.06. The lowest BCUT2D eigenvalue weighted by molar-refractivity contribution is 0.0839. The Morgan fingerprint density at radius 3 is 2.85 bits per heavy atom. The van der Waals surface area contributed by atoms with Crippen LogP contribution in [0.15, 0.2) is 27.9 Å². The second-order valence-corrected chi connectivity index (χ2v) is 4.49. The van der Waals surface area contributed by atoms with Crippen LogP contribution in [0.3, 0.4) is 0 Å². The summed E-state index contributed by atoms with van der Waals surface area (Å²) >= 11 is 0. The average Bonchev–Trinajstić information content (AvgIpc) is 2.46. The Labute approximate surface area is 115 Å². The van der Waals surface area contributed by atoms with E-state index in [0.717, 1.165) is 6.42 Å². The first-order valence-electron chi connectivity index (χ1n) is 6.30. The summed E-state index contributed by atoms with van der Waals surface area (Å²) < 4.78 is 6.79. The highest BCUT2D eigenvalue weighted by Crippen LogP contribution is 2.07. The van der Waals surface area contributed by atoms with Crippen molar-refractivity contribution in [2.45, 2.75) is 26.0 Å². The average molecular weight is 273 g/mol. The monoisotopic (exact) mass is 273 g/mol. The van der Waals surface area contributed by atoms with E-state index < -0.39 is 5.56 Å². The minimum Gasteiger partial charge on any atom is -0.380 e. The summed E-state index contributed by atoms with van der Waals surface area (Å²) in [5.74, 6) is 0. The van der Waals surface area contributed by atoms with Gasteiger partial charge < -0.3 is 14.3 Å². The van der Waals surface area contributed by atoms with Gasteiger partial charge in [-0.3, -0.25) is 9.59 Å². The van der Waals surface area contributed by atoms with Gasteiger partial charge in [-0.25, -0.2) is 0 Å². The van der Waals surface area contributed by atoms with Crippen LogP contribution >= 0.6 is 0 Å². The lowest BCUT2D eigenvalue weighted by atomic mass is 10.2. The summed E-state index contributed by atoms with van der Waals surface area (Å²) in [5, 5.41) is 9.19. The molecule has 0 unspecified atom stereocenters. The number of rotatable bonds is 4. The van der Waals surface area contributed by atoms with E-state index in [1.165, 1.54) is 10.6 Å². The van der Waals surface area contributed by atoms with Gasteiger partial charge >= 0.3 is 0 Å². The third-order valence-corrected chi connectivity index (χ3v) is 3.29. The van der Waals surface area contributed by atoms with Crippen LogP contribution in [0.4, 0.5) is 0 Å². The summed E-state index contributed by atoms with van der Waals surface area (Å²) in [7, 11) is 1.60. The molecule has 6 nitrogen and oxygen atoms in total. The number of ether oxygens (including phenoxy) is 1. The van der Waals surface area contributed by atoms with E-state index in [0.29, 0.717) is 17.4 Å². The van der Waals surface area contributed by atoms with Crippen LogP contribution in [0.5, 0.6) is 0 Å². The Hall–Kier alpha value is -2.39. The minimum absolute atomic E-state index is 0.0525. The number of hydrogen-bond donors (Lipinski definition) is 1. The number of methoxy groups -OCH3 is 1. The number of pyridine rings is 2. The van der Waals surface area contributed by atoms with Crippen LogP contribution in [0.2, 0.25) is 0 Å². The number of nitriles is 1. The predicted octanol–water partition coefficient (Wildman–Crippen LogP) is 0.986. The fraction of sp³-hybridized carbons (Fsp3) is 0.357. The molecule has 0 amide bonds. The van der Waals surface area contributed by atoms with Crippen molar-refractivity contribution < 1.29 is 4.74 Å². The molecule has 6 heteroatoms. The van der Waals surface area contributed by atoms with Gasteiger partial charge in [0.05, 0.1) is 23.6 Å². The molecule has 2 rings (SSSR count). The Morgan fingerprint density at radius 1 is 1.50 bits per heavy atom. The molecular weight excluding hydrogens is 258 g/mol. The Morgan fingerprint density at radius 2 is 2.25 bits per heavy atom. The van der Waals surface area contributed by atoms with E-state index in [4.69, 9.17) is 10.00 Å². The second-order valence-electron chi connectivity index (χ2n) is 4.49. The maximum absolute atomic E-state index is 12.4. The molecule has 0 aliphatic heterocycles. The van der Waals surface area contributed by atoms with Gasteiger partial charge in [-0.1, -0.05) is 6.92 Å². The molecule has 20 heavy (non-hydrogen) atoms. The first-order chi connectivity index (χ1) is 9.60. The fourth-order valence-electron chi connectivity index (χ4n) is 2.06. The van der Waals surface area contributed by atoms with Crippen LogP contribution in [0, 0.1) is 11.3 Å². The van der Waals surface area contributed by atoms with E-state index in [1.54, 1.807) is 25.4 Å². The molecule has 1 atom stereocenters. The third-order valence-electron chi connectivity index (χ3n) is 3.29. The summed E-state index contributed by atoms with van der Waals surface area (Å²) in [4.78, 5) is 26.4. The zero-order valence-corrected chi connectivity index (χ0v) is 11.3. The van der Waals surface area contributed by atoms with E-state index in [1.807, 2.05) is 6.92 Å². The highest BCUT2D eigenvalue weighted by molar-refractivity contribution is 5.78. The molecule has 0 saturated carbocycles. The molecule has 2 aromatic heterocycles. The first kappa shape index (κ1) is 14.0. The molecule has 0 aromatic carbocycles. The maximum Gasteiger partial charge on any atom is 0.266 e. The van der Waals surface area contributed by atoms with Crippen molar-refractivity contribution >= 4 is 10.9 Å². The molecule has 0 radical (unpaired) electrons. The van der Waals surface area contributed by atoms with Gasteiger partial charge in [0.15, 0.2) is 0 Å². The zero-order chi connectivity index (χ0) is 14.7. The number of aromatic nitrogens is 2. The summed E-state index contributed by atoms with van der Waals surface area (Å²) in [6.07, 6.45) is 2.35. The van der Waals surface area contributed by atoms with Crippen molar-refractivity contribution in [3.63, 3.8) is 0 Å². The van der Waals surface area contributed by atoms with Gasteiger partial charge in [0.1, 0.15) is 11.6 Å². The smallest absolute Gasteiger partial charge is 0.266 e. The standard InChI is InChI=1S/C14H15N3O3/c1-3-10(20-2)8-17-5-4-12-11(14(17)19)6-9(7-15)13(18)16-12/h4-6,10H,3,8H2,1-2H3,(H,16,18)/t10-/m0/s1. The zero-order valence-electron chi connectivity index (χ0n) is 11.3. The van der Waals surface area contributed by atoms with Gasteiger partial charge in [-0.05, 0) is 18.6 Å². The largest absolute Gasteiger partial charge is 0.380 e. The molecule has 104 valence electrons. The van der Waals surface area contributed by atoms with Crippen LogP contribution in [-0.2, 0) is 11.3 Å². The maximum atomic E-state index is 12.4. The van der Waals surface area contributed by atoms with Gasteiger partial charge in [0.2, 0.25) is 0 Å². The molecule has 0 fully saturated rings. The molecule has 0 aliphatic carbocycles. The number of aromatic amines is 1. The Balaban J connectivity index is 2.59. The summed E-state index contributed by atoms with van der Waals surface area (Å²) in [6, 6.07) is 4.77. The second kappa shape index (κ2) is 5.72. The number of fused-ring (bicyclic) bond motifs is 1. The normalized spacial score (nSPS) is 12.2. The van der Waals surface area contributed by atoms with Crippen LogP contribution in [0.25, 0.3) is 10.9 Å². The van der Waals surface area contributed by atoms with Gasteiger partial charge in [-0.15, -0.1) is 0 Å². The molecule has 0 saturated heterocycles. The lowest BCUT2D eigenvalue weighted by Gasteiger charge is -2.15. The predicted molar refractivity (Wildman–Crippen MR) is 74.6 cm³/mol. The molecule has 0 bridgehead atoms. The number of nitrogens with one attached hydrogen (secondary N) is 1. The van der Waals surface area contributed by atoms with Crippen molar-refractivity contribution in [2.24, 2.45) is 0 Å². The minimum atomic E-state index is -0.486. The van der Waals surface area contributed by atoms with Crippen molar-refractivity contribution in [1.29, 1.82) is 5.26 Å². The summed E-state index contributed by atoms with van der Waals surface area (Å²) in [6.45, 7) is 2.41. The highest BCUT2D eigenvalue weighted by Gasteiger charge is 2.10. The molecule has 2 aromatic rings. The molecule has 2 heterocycles. The van der Waals surface area contributed by atoms with E-state index >= 15 is 0 Å². The van der Waals surface area contributed by atoms with Gasteiger partial charge in [0.25, 0.3) is 11.1 Å². The van der Waals surface area contributed by atoms with Gasteiger partial charge in [-0.2, -0.15) is 5.26 Å². The van der Waals surface area contributed by atoms with Crippen molar-refractivity contribution in [3.05, 3.63) is 44.6 Å². The first-order valence-corrected chi connectivity index (χ1v) is 6.30. The van der Waals surface area contributed by atoms with Crippen molar-refractivity contribution in [1.82, 2.24) is 9.55 Å². The number of H-pyrrole nitrogens is 1. The third kappa shape index (κ3) is 2.49. The van der Waals surface area contributed by atoms with E-state index in [9.17, 15) is 9.59 Å².